The predicted octanol–water partition coefficient (Wildman–Crippen LogP) is 4.94. The van der Waals surface area contributed by atoms with Crippen LogP contribution in [-0.2, 0) is 6.54 Å². The van der Waals surface area contributed by atoms with Crippen molar-refractivity contribution in [1.82, 2.24) is 14.9 Å². The minimum Gasteiger partial charge on any atom is -0.496 e. The minimum atomic E-state index is 0.281. The van der Waals surface area contributed by atoms with Crippen molar-refractivity contribution in [3.8, 4) is 17.0 Å². The van der Waals surface area contributed by atoms with Crippen LogP contribution in [0.3, 0.4) is 0 Å². The fraction of sp³-hybridized carbons (Fsp3) is 0.217. The zero-order valence-corrected chi connectivity index (χ0v) is 16.7. The van der Waals surface area contributed by atoms with Gasteiger partial charge in [0.25, 0.3) is 0 Å². The standard InChI is InChI=1S/C23H21N3OS/c1-26-13-16-11-15(21-12-24-8-9-25-21)3-4-17(16)20(14-26)18-5-6-22-19(7-10-28-22)23(18)27-2/h3-12,20H,13-14H2,1-2H3. The number of nitrogens with zero attached hydrogens (tertiary/aromatic N) is 3. The van der Waals surface area contributed by atoms with Crippen molar-refractivity contribution in [2.75, 3.05) is 20.7 Å². The van der Waals surface area contributed by atoms with Crippen LogP contribution in [-0.4, -0.2) is 35.6 Å². The molecule has 4 aromatic rings. The summed E-state index contributed by atoms with van der Waals surface area (Å²) in [6.45, 7) is 1.91. The molecule has 5 rings (SSSR count). The molecule has 0 spiro atoms. The molecule has 3 heterocycles. The second-order valence-electron chi connectivity index (χ2n) is 7.27. The maximum Gasteiger partial charge on any atom is 0.131 e. The molecule has 0 radical (unpaired) electrons. The van der Waals surface area contributed by atoms with E-state index in [1.807, 2.05) is 6.20 Å². The maximum absolute atomic E-state index is 5.88. The van der Waals surface area contributed by atoms with Crippen molar-refractivity contribution in [1.29, 1.82) is 0 Å². The van der Waals surface area contributed by atoms with Crippen LogP contribution >= 0.6 is 11.3 Å². The number of benzene rings is 2. The van der Waals surface area contributed by atoms with E-state index in [9.17, 15) is 0 Å². The highest BCUT2D eigenvalue weighted by Gasteiger charge is 2.28. The summed E-state index contributed by atoms with van der Waals surface area (Å²) < 4.78 is 7.15. The van der Waals surface area contributed by atoms with E-state index in [-0.39, 0.29) is 5.92 Å². The summed E-state index contributed by atoms with van der Waals surface area (Å²) in [5.41, 5.74) is 6.00. The van der Waals surface area contributed by atoms with Gasteiger partial charge in [-0.15, -0.1) is 11.3 Å². The van der Waals surface area contributed by atoms with Crippen LogP contribution in [0.1, 0.15) is 22.6 Å². The van der Waals surface area contributed by atoms with Crippen LogP contribution in [0.4, 0.5) is 0 Å². The molecule has 140 valence electrons. The molecule has 1 atom stereocenters. The van der Waals surface area contributed by atoms with Gasteiger partial charge in [0.05, 0.1) is 19.0 Å². The molecule has 0 N–H and O–H groups in total. The molecule has 0 aliphatic carbocycles. The fourth-order valence-corrected chi connectivity index (χ4v) is 5.04. The Balaban J connectivity index is 1.64. The zero-order valence-electron chi connectivity index (χ0n) is 15.9. The first-order valence-electron chi connectivity index (χ1n) is 9.36. The monoisotopic (exact) mass is 387 g/mol. The number of ether oxygens (including phenoxy) is 1. The Morgan fingerprint density at radius 2 is 2.00 bits per heavy atom. The van der Waals surface area contributed by atoms with Crippen LogP contribution in [0.15, 0.2) is 60.4 Å². The summed E-state index contributed by atoms with van der Waals surface area (Å²) in [7, 11) is 3.96. The Morgan fingerprint density at radius 3 is 2.82 bits per heavy atom. The van der Waals surface area contributed by atoms with Gasteiger partial charge < -0.3 is 9.64 Å². The minimum absolute atomic E-state index is 0.281. The molecular weight excluding hydrogens is 366 g/mol. The van der Waals surface area contributed by atoms with E-state index in [1.165, 1.54) is 26.8 Å². The van der Waals surface area contributed by atoms with Gasteiger partial charge in [0.2, 0.25) is 0 Å². The summed E-state index contributed by atoms with van der Waals surface area (Å²) >= 11 is 1.75. The third-order valence-corrected chi connectivity index (χ3v) is 6.39. The largest absolute Gasteiger partial charge is 0.496 e. The van der Waals surface area contributed by atoms with Gasteiger partial charge in [0, 0.05) is 52.6 Å². The van der Waals surface area contributed by atoms with Crippen molar-refractivity contribution in [3.05, 3.63) is 77.1 Å². The molecule has 1 aliphatic rings. The molecule has 0 saturated heterocycles. The quantitative estimate of drug-likeness (QED) is 0.499. The van der Waals surface area contributed by atoms with Crippen molar-refractivity contribution in [2.45, 2.75) is 12.5 Å². The number of thiophene rings is 1. The van der Waals surface area contributed by atoms with Gasteiger partial charge in [-0.25, -0.2) is 0 Å². The average molecular weight is 388 g/mol. The van der Waals surface area contributed by atoms with Gasteiger partial charge in [-0.1, -0.05) is 18.2 Å². The van der Waals surface area contributed by atoms with Crippen LogP contribution in [0, 0.1) is 0 Å². The van der Waals surface area contributed by atoms with Crippen molar-refractivity contribution in [3.63, 3.8) is 0 Å². The fourth-order valence-electron chi connectivity index (χ4n) is 4.26. The van der Waals surface area contributed by atoms with Crippen LogP contribution in [0.5, 0.6) is 5.75 Å². The van der Waals surface area contributed by atoms with Crippen LogP contribution < -0.4 is 4.74 Å². The Hall–Kier alpha value is -2.76. The Bertz CT molecular complexity index is 1140. The van der Waals surface area contributed by atoms with Gasteiger partial charge >= 0.3 is 0 Å². The summed E-state index contributed by atoms with van der Waals surface area (Å²) in [4.78, 5) is 11.0. The molecule has 4 nitrogen and oxygen atoms in total. The van der Waals surface area contributed by atoms with Crippen molar-refractivity contribution in [2.24, 2.45) is 0 Å². The lowest BCUT2D eigenvalue weighted by atomic mass is 9.83. The molecule has 0 bridgehead atoms. The van der Waals surface area contributed by atoms with Gasteiger partial charge in [-0.05, 0) is 41.8 Å². The van der Waals surface area contributed by atoms with Gasteiger partial charge in [-0.3, -0.25) is 9.97 Å². The first kappa shape index (κ1) is 17.3. The van der Waals surface area contributed by atoms with Crippen LogP contribution in [0.25, 0.3) is 21.3 Å². The lowest BCUT2D eigenvalue weighted by Gasteiger charge is -2.33. The normalized spacial score (nSPS) is 16.9. The molecule has 0 saturated carbocycles. The van der Waals surface area contributed by atoms with E-state index in [0.29, 0.717) is 0 Å². The summed E-state index contributed by atoms with van der Waals surface area (Å²) in [6, 6.07) is 13.3. The first-order chi connectivity index (χ1) is 13.7. The van der Waals surface area contributed by atoms with E-state index in [4.69, 9.17) is 4.74 Å². The lowest BCUT2D eigenvalue weighted by molar-refractivity contribution is 0.292. The summed E-state index contributed by atoms with van der Waals surface area (Å²) in [5, 5.41) is 3.33. The molecule has 0 fully saturated rings. The van der Waals surface area contributed by atoms with Gasteiger partial charge in [0.15, 0.2) is 0 Å². The number of rotatable bonds is 3. The van der Waals surface area contributed by atoms with E-state index < -0.39 is 0 Å². The third kappa shape index (κ3) is 2.87. The van der Waals surface area contributed by atoms with Crippen LogP contribution in [0.2, 0.25) is 0 Å². The van der Waals surface area contributed by atoms with Crippen molar-refractivity contribution < 1.29 is 4.74 Å². The van der Waals surface area contributed by atoms with Gasteiger partial charge in [-0.2, -0.15) is 0 Å². The second-order valence-corrected chi connectivity index (χ2v) is 8.22. The number of methoxy groups -OCH3 is 1. The Kier molecular flexibility index (Phi) is 4.34. The molecule has 2 aromatic carbocycles. The molecule has 0 amide bonds. The molecule has 2 aromatic heterocycles. The van der Waals surface area contributed by atoms with E-state index in [0.717, 1.165) is 30.1 Å². The Morgan fingerprint density at radius 1 is 1.11 bits per heavy atom. The Labute approximate surface area is 168 Å². The summed E-state index contributed by atoms with van der Waals surface area (Å²) in [5.74, 6) is 1.28. The lowest BCUT2D eigenvalue weighted by Crippen LogP contribution is -2.31. The number of hydrogen-bond acceptors (Lipinski definition) is 5. The number of aromatic nitrogens is 2. The van der Waals surface area contributed by atoms with E-state index in [1.54, 1.807) is 30.8 Å². The van der Waals surface area contributed by atoms with E-state index >= 15 is 0 Å². The number of fused-ring (bicyclic) bond motifs is 2. The second kappa shape index (κ2) is 7.00. The molecule has 28 heavy (non-hydrogen) atoms. The highest BCUT2D eigenvalue weighted by atomic mass is 32.1. The summed E-state index contributed by atoms with van der Waals surface area (Å²) in [6.07, 6.45) is 5.27. The van der Waals surface area contributed by atoms with Gasteiger partial charge in [0.1, 0.15) is 5.75 Å². The smallest absolute Gasteiger partial charge is 0.131 e. The SMILES string of the molecule is COc1c(C2CN(C)Cc3cc(-c4cnccn4)ccc32)ccc2sccc12. The maximum atomic E-state index is 5.88. The molecule has 1 unspecified atom stereocenters. The molecule has 5 heteroatoms. The van der Waals surface area contributed by atoms with E-state index in [2.05, 4.69) is 63.7 Å². The third-order valence-electron chi connectivity index (χ3n) is 5.51. The average Bonchev–Trinajstić information content (AvgIpc) is 3.21. The zero-order chi connectivity index (χ0) is 19.1. The highest BCUT2D eigenvalue weighted by Crippen LogP contribution is 2.42. The first-order valence-corrected chi connectivity index (χ1v) is 10.2. The van der Waals surface area contributed by atoms with Crippen molar-refractivity contribution >= 4 is 21.4 Å². The highest BCUT2D eigenvalue weighted by molar-refractivity contribution is 7.17. The topological polar surface area (TPSA) is 38.2 Å². The predicted molar refractivity (Wildman–Crippen MR) is 114 cm³/mol. The molecular formula is C23H21N3OS. The molecule has 1 aliphatic heterocycles. The number of likely N-dealkylation sites (N-methyl/N-ethyl adjacent to an activating group) is 1. The number of hydrogen-bond donors (Lipinski definition) is 0.